The Morgan fingerprint density at radius 1 is 0.700 bits per heavy atom. The van der Waals surface area contributed by atoms with E-state index in [0.717, 1.165) is 0 Å². The van der Waals surface area contributed by atoms with Crippen LogP contribution in [0.2, 0.25) is 0 Å². The average molecular weight is 698 g/mol. The molecular weight excluding hydrogens is 679 g/mol. The average Bonchev–Trinajstić information content (AvgIpc) is 2.40. The second kappa shape index (κ2) is 13.8. The molecule has 4 heteroatoms. The van der Waals surface area contributed by atoms with Crippen LogP contribution in [0.4, 0.5) is 0 Å². The molecule has 0 fully saturated rings. The van der Waals surface area contributed by atoms with Gasteiger partial charge in [0.05, 0.1) is 0 Å². The Hall–Kier alpha value is 1.19. The van der Waals surface area contributed by atoms with Crippen LogP contribution in [0.5, 0.6) is 0 Å². The van der Waals surface area contributed by atoms with Gasteiger partial charge in [-0.25, -0.2) is 0 Å². The van der Waals surface area contributed by atoms with Crippen molar-refractivity contribution in [3.63, 3.8) is 0 Å². The van der Waals surface area contributed by atoms with Gasteiger partial charge < -0.3 is 48.0 Å². The second-order valence-corrected chi connectivity index (χ2v) is 6.54. The predicted molar refractivity (Wildman–Crippen MR) is 78.2 cm³/mol. The molecule has 0 amide bonds. The number of benzene rings is 2. The minimum absolute atomic E-state index is 0. The Balaban J connectivity index is 0. The van der Waals surface area contributed by atoms with Crippen molar-refractivity contribution in [3.8, 4) is 0 Å². The maximum Gasteiger partial charge on any atom is 2.00 e. The summed E-state index contributed by atoms with van der Waals surface area (Å²) in [5.74, 6) is 3.70. The summed E-state index contributed by atoms with van der Waals surface area (Å²) in [6, 6.07) is 21.7. The van der Waals surface area contributed by atoms with Crippen LogP contribution >= 0.6 is 0 Å². The number of rotatable bonds is 5. The van der Waals surface area contributed by atoms with E-state index >= 15 is 0 Å². The smallest absolute Gasteiger partial charge is 1.00 e. The van der Waals surface area contributed by atoms with Crippen molar-refractivity contribution in [2.45, 2.75) is 18.4 Å². The van der Waals surface area contributed by atoms with E-state index in [9.17, 15) is 0 Å². The molecule has 0 aliphatic rings. The Morgan fingerprint density at radius 3 is 1.35 bits per heavy atom. The van der Waals surface area contributed by atoms with Crippen LogP contribution in [0, 0.1) is 0 Å². The molecule has 0 N–H and O–H groups in total. The van der Waals surface area contributed by atoms with E-state index < -0.39 is 0 Å². The van der Waals surface area contributed by atoms with Crippen LogP contribution in [-0.2, 0) is 50.1 Å². The molecule has 2 aromatic rings. The van der Waals surface area contributed by atoms with E-state index in [0.29, 0.717) is 10.9 Å². The zero-order chi connectivity index (χ0) is 11.9. The Labute approximate surface area is 180 Å². The first kappa shape index (κ1) is 23.5. The van der Waals surface area contributed by atoms with E-state index in [-0.39, 0.29) is 75.6 Å². The van der Waals surface area contributed by atoms with E-state index in [1.165, 1.54) is 28.4 Å². The van der Waals surface area contributed by atoms with Gasteiger partial charge >= 0.3 is 27.7 Å². The first-order chi connectivity index (χ1) is 8.38. The third-order valence-corrected chi connectivity index (χ3v) is 5.14. The molecular formula is C16H19HgI2S+. The van der Waals surface area contributed by atoms with E-state index in [4.69, 9.17) is 0 Å². The molecule has 0 radical (unpaired) electrons. The van der Waals surface area contributed by atoms with Crippen LogP contribution in [0.3, 0.4) is 0 Å². The molecule has 0 nitrogen and oxygen atoms in total. The Kier molecular flexibility index (Phi) is 16.2. The molecule has 0 bridgehead atoms. The van der Waals surface area contributed by atoms with Gasteiger partial charge in [0.1, 0.15) is 17.3 Å². The maximum atomic E-state index is 2.30. The molecule has 0 spiro atoms. The molecule has 0 saturated heterocycles. The van der Waals surface area contributed by atoms with Crippen molar-refractivity contribution in [2.75, 3.05) is 5.75 Å². The van der Waals surface area contributed by atoms with Crippen molar-refractivity contribution in [3.05, 3.63) is 71.8 Å². The molecule has 104 valence electrons. The number of halogens is 2. The van der Waals surface area contributed by atoms with Crippen LogP contribution < -0.4 is 48.0 Å². The molecule has 0 atom stereocenters. The van der Waals surface area contributed by atoms with Crippen LogP contribution in [0.1, 0.15) is 18.1 Å². The monoisotopic (exact) mass is 699 g/mol. The zero-order valence-corrected chi connectivity index (χ0v) is 22.4. The van der Waals surface area contributed by atoms with Gasteiger partial charge in [-0.3, -0.25) is 0 Å². The molecule has 0 aliphatic carbocycles. The first-order valence-corrected chi connectivity index (χ1v) is 7.83. The van der Waals surface area contributed by atoms with Crippen molar-refractivity contribution in [1.82, 2.24) is 0 Å². The fraction of sp³-hybridized carbons (Fsp3) is 0.250. The van der Waals surface area contributed by atoms with Crippen LogP contribution in [-0.4, -0.2) is 5.75 Å². The van der Waals surface area contributed by atoms with Gasteiger partial charge in [-0.15, -0.1) is 0 Å². The van der Waals surface area contributed by atoms with Crippen molar-refractivity contribution in [2.24, 2.45) is 0 Å². The molecule has 0 saturated carbocycles. The molecule has 2 rings (SSSR count). The topological polar surface area (TPSA) is 0 Å². The van der Waals surface area contributed by atoms with E-state index in [1.54, 1.807) is 0 Å². The molecule has 2 aromatic carbocycles. The van der Waals surface area contributed by atoms with E-state index in [2.05, 4.69) is 67.6 Å². The summed E-state index contributed by atoms with van der Waals surface area (Å²) in [6.45, 7) is 2.30. The van der Waals surface area contributed by atoms with Crippen LogP contribution in [0.25, 0.3) is 0 Å². The number of hydrogen-bond acceptors (Lipinski definition) is 0. The molecule has 0 aliphatic heterocycles. The standard InChI is InChI=1S/C16H19S.Hg.2HI/c1-2-17(13-15-9-5-3-6-10-15)14-16-11-7-4-8-12-16;;;/h3-12H,2,13-14H2,1H3;;2*1H/q+1;+2;;/p-2. The summed E-state index contributed by atoms with van der Waals surface area (Å²) in [5, 5.41) is 0. The number of hydrogen-bond donors (Lipinski definition) is 0. The van der Waals surface area contributed by atoms with Gasteiger partial charge in [0.2, 0.25) is 0 Å². The van der Waals surface area contributed by atoms with Gasteiger partial charge in [-0.2, -0.15) is 0 Å². The molecule has 0 aromatic heterocycles. The summed E-state index contributed by atoms with van der Waals surface area (Å²) >= 11 is 0. The largest absolute Gasteiger partial charge is 2.00 e. The zero-order valence-electron chi connectivity index (χ0n) is 11.8. The van der Waals surface area contributed by atoms with E-state index in [1.807, 2.05) is 0 Å². The molecule has 20 heavy (non-hydrogen) atoms. The van der Waals surface area contributed by atoms with Crippen molar-refractivity contribution in [1.29, 1.82) is 0 Å². The summed E-state index contributed by atoms with van der Waals surface area (Å²) in [4.78, 5) is 0. The fourth-order valence-electron chi connectivity index (χ4n) is 1.88. The van der Waals surface area contributed by atoms with Gasteiger partial charge in [0.15, 0.2) is 0 Å². The Morgan fingerprint density at radius 2 is 1.05 bits per heavy atom. The summed E-state index contributed by atoms with van der Waals surface area (Å²) in [6.07, 6.45) is 0. The van der Waals surface area contributed by atoms with Crippen LogP contribution in [0.15, 0.2) is 60.7 Å². The summed E-state index contributed by atoms with van der Waals surface area (Å²) in [5.41, 5.74) is 2.93. The normalized spacial score (nSPS) is 9.10. The maximum absolute atomic E-state index is 2.30. The minimum atomic E-state index is 0. The quantitative estimate of drug-likeness (QED) is 0.194. The minimum Gasteiger partial charge on any atom is -1.00 e. The van der Waals surface area contributed by atoms with Gasteiger partial charge in [0.25, 0.3) is 0 Å². The van der Waals surface area contributed by atoms with Crippen molar-refractivity contribution < 1.29 is 75.6 Å². The first-order valence-electron chi connectivity index (χ1n) is 6.10. The summed E-state index contributed by atoms with van der Waals surface area (Å²) in [7, 11) is 0.467. The van der Waals surface area contributed by atoms with Gasteiger partial charge in [0, 0.05) is 11.1 Å². The third kappa shape index (κ3) is 8.58. The molecule has 0 unspecified atom stereocenters. The van der Waals surface area contributed by atoms with Gasteiger partial charge in [-0.1, -0.05) is 60.7 Å². The van der Waals surface area contributed by atoms with Crippen molar-refractivity contribution >= 4 is 10.9 Å². The second-order valence-electron chi connectivity index (χ2n) is 4.16. The fourth-order valence-corrected chi connectivity index (χ4v) is 3.71. The third-order valence-electron chi connectivity index (χ3n) is 2.84. The van der Waals surface area contributed by atoms with Gasteiger partial charge in [-0.05, 0) is 17.8 Å². The summed E-state index contributed by atoms with van der Waals surface area (Å²) < 4.78 is 0. The molecule has 0 heterocycles. The predicted octanol–water partition coefficient (Wildman–Crippen LogP) is -1.97. The Bertz CT molecular complexity index is 395. The SMILES string of the molecule is CC[S+](Cc1ccccc1)Cc1ccccc1.[Hg+2].[I-].[I-].